The highest BCUT2D eigenvalue weighted by atomic mass is 79.9. The van der Waals surface area contributed by atoms with Crippen LogP contribution in [-0.2, 0) is 11.2 Å². The summed E-state index contributed by atoms with van der Waals surface area (Å²) in [6, 6.07) is 7.69. The van der Waals surface area contributed by atoms with Gasteiger partial charge in [-0.3, -0.25) is 20.7 Å². The summed E-state index contributed by atoms with van der Waals surface area (Å²) in [4.78, 5) is 11.9. The number of H-pyrrole nitrogens is 1. The lowest BCUT2D eigenvalue weighted by Gasteiger charge is -2.11. The van der Waals surface area contributed by atoms with E-state index in [1.54, 1.807) is 0 Å². The molecule has 3 N–H and O–H groups in total. The van der Waals surface area contributed by atoms with Crippen LogP contribution in [0.15, 0.2) is 35.3 Å². The topological polar surface area (TPSA) is 69.8 Å². The molecular formula is C16H19BrN4O. The third kappa shape index (κ3) is 4.21. The van der Waals surface area contributed by atoms with Gasteiger partial charge in [-0.25, -0.2) is 0 Å². The molecule has 0 atom stereocenters. The Morgan fingerprint density at radius 2 is 1.95 bits per heavy atom. The molecule has 0 saturated heterocycles. The van der Waals surface area contributed by atoms with Crippen molar-refractivity contribution in [2.75, 3.05) is 0 Å². The lowest BCUT2D eigenvalue weighted by Crippen LogP contribution is -2.36. The van der Waals surface area contributed by atoms with Crippen LogP contribution in [-0.4, -0.2) is 16.1 Å². The summed E-state index contributed by atoms with van der Waals surface area (Å²) < 4.78 is 0.999. The maximum absolute atomic E-state index is 11.9. The zero-order chi connectivity index (χ0) is 16.1. The zero-order valence-electron chi connectivity index (χ0n) is 12.7. The Morgan fingerprint density at radius 1 is 1.27 bits per heavy atom. The van der Waals surface area contributed by atoms with Crippen molar-refractivity contribution in [1.82, 2.24) is 21.0 Å². The Labute approximate surface area is 138 Å². The van der Waals surface area contributed by atoms with E-state index in [1.807, 2.05) is 38.1 Å². The summed E-state index contributed by atoms with van der Waals surface area (Å²) in [7, 11) is 0. The molecule has 1 amide bonds. The fraction of sp³-hybridized carbons (Fsp3) is 0.250. The molecule has 5 nitrogen and oxygen atoms in total. The molecule has 0 aliphatic carbocycles. The SMILES string of the molecule is C=C(NNC(=O)CCc1c(C)n[nH]c1C)c1ccc(Br)cc1. The molecule has 2 aromatic rings. The summed E-state index contributed by atoms with van der Waals surface area (Å²) >= 11 is 3.38. The van der Waals surface area contributed by atoms with Crippen LogP contribution in [0.1, 0.15) is 28.9 Å². The van der Waals surface area contributed by atoms with Gasteiger partial charge in [-0.15, -0.1) is 0 Å². The molecule has 1 heterocycles. The monoisotopic (exact) mass is 362 g/mol. The molecule has 0 spiro atoms. The van der Waals surface area contributed by atoms with Gasteiger partial charge in [0.15, 0.2) is 0 Å². The summed E-state index contributed by atoms with van der Waals surface area (Å²) in [5.74, 6) is -0.0849. The number of benzene rings is 1. The van der Waals surface area contributed by atoms with Gasteiger partial charge in [-0.2, -0.15) is 5.10 Å². The van der Waals surface area contributed by atoms with Gasteiger partial charge >= 0.3 is 0 Å². The van der Waals surface area contributed by atoms with E-state index in [0.717, 1.165) is 27.0 Å². The van der Waals surface area contributed by atoms with Gasteiger partial charge in [0.1, 0.15) is 0 Å². The molecule has 6 heteroatoms. The van der Waals surface area contributed by atoms with Crippen LogP contribution >= 0.6 is 15.9 Å². The molecule has 22 heavy (non-hydrogen) atoms. The van der Waals surface area contributed by atoms with Gasteiger partial charge in [0, 0.05) is 16.6 Å². The smallest absolute Gasteiger partial charge is 0.238 e. The maximum Gasteiger partial charge on any atom is 0.238 e. The minimum Gasteiger partial charge on any atom is -0.299 e. The first kappa shape index (κ1) is 16.3. The second kappa shape index (κ2) is 7.26. The number of aromatic amines is 1. The van der Waals surface area contributed by atoms with Gasteiger partial charge < -0.3 is 0 Å². The van der Waals surface area contributed by atoms with Crippen LogP contribution in [0, 0.1) is 13.8 Å². The molecule has 1 aromatic heterocycles. The minimum absolute atomic E-state index is 0.0849. The van der Waals surface area contributed by atoms with E-state index in [2.05, 4.69) is 43.6 Å². The van der Waals surface area contributed by atoms with Crippen molar-refractivity contribution in [2.24, 2.45) is 0 Å². The van der Waals surface area contributed by atoms with Gasteiger partial charge in [0.25, 0.3) is 0 Å². The van der Waals surface area contributed by atoms with Gasteiger partial charge in [-0.1, -0.05) is 34.6 Å². The number of carbonyl (C=O) groups is 1. The molecule has 2 rings (SSSR count). The van der Waals surface area contributed by atoms with Crippen LogP contribution < -0.4 is 10.9 Å². The first-order valence-corrected chi connectivity index (χ1v) is 7.77. The fourth-order valence-corrected chi connectivity index (χ4v) is 2.38. The Balaban J connectivity index is 1.80. The highest BCUT2D eigenvalue weighted by Crippen LogP contribution is 2.14. The fourth-order valence-electron chi connectivity index (χ4n) is 2.11. The number of rotatable bonds is 6. The second-order valence-corrected chi connectivity index (χ2v) is 5.99. The molecule has 116 valence electrons. The van der Waals surface area contributed by atoms with Crippen molar-refractivity contribution in [1.29, 1.82) is 0 Å². The van der Waals surface area contributed by atoms with Crippen molar-refractivity contribution in [3.63, 3.8) is 0 Å². The first-order chi connectivity index (χ1) is 10.5. The van der Waals surface area contributed by atoms with E-state index in [-0.39, 0.29) is 5.91 Å². The summed E-state index contributed by atoms with van der Waals surface area (Å²) in [5.41, 5.74) is 10.1. The van der Waals surface area contributed by atoms with Crippen molar-refractivity contribution >= 4 is 27.5 Å². The number of hydrogen-bond donors (Lipinski definition) is 3. The molecule has 1 aromatic carbocycles. The Kier molecular flexibility index (Phi) is 5.38. The van der Waals surface area contributed by atoms with Crippen molar-refractivity contribution in [3.8, 4) is 0 Å². The van der Waals surface area contributed by atoms with Gasteiger partial charge in [-0.05, 0) is 43.5 Å². The molecule has 0 fully saturated rings. The van der Waals surface area contributed by atoms with Gasteiger partial charge in [0.05, 0.1) is 11.4 Å². The number of nitrogens with zero attached hydrogens (tertiary/aromatic N) is 1. The van der Waals surface area contributed by atoms with Gasteiger partial charge in [0.2, 0.25) is 5.91 Å². The number of amides is 1. The Morgan fingerprint density at radius 3 is 2.55 bits per heavy atom. The highest BCUT2D eigenvalue weighted by Gasteiger charge is 2.09. The standard InChI is InChI=1S/C16H19BrN4O/c1-10(13-4-6-14(17)7-5-13)18-21-16(22)9-8-15-11(2)19-20-12(15)3/h4-7,18H,1,8-9H2,2-3H3,(H,19,20)(H,21,22). The second-order valence-electron chi connectivity index (χ2n) is 5.07. The molecule has 0 aliphatic rings. The summed E-state index contributed by atoms with van der Waals surface area (Å²) in [6.07, 6.45) is 1.05. The van der Waals surface area contributed by atoms with E-state index in [4.69, 9.17) is 0 Å². The average molecular weight is 363 g/mol. The number of aryl methyl sites for hydroxylation is 2. The molecule has 0 unspecified atom stereocenters. The Hall–Kier alpha value is -2.08. The number of aromatic nitrogens is 2. The maximum atomic E-state index is 11.9. The third-order valence-electron chi connectivity index (χ3n) is 3.43. The number of carbonyl (C=O) groups excluding carboxylic acids is 1. The lowest BCUT2D eigenvalue weighted by atomic mass is 10.1. The van der Waals surface area contributed by atoms with E-state index < -0.39 is 0 Å². The highest BCUT2D eigenvalue weighted by molar-refractivity contribution is 9.10. The zero-order valence-corrected chi connectivity index (χ0v) is 14.3. The van der Waals surface area contributed by atoms with E-state index in [9.17, 15) is 4.79 Å². The van der Waals surface area contributed by atoms with E-state index in [1.165, 1.54) is 0 Å². The average Bonchev–Trinajstić information content (AvgIpc) is 2.82. The largest absolute Gasteiger partial charge is 0.299 e. The Bertz CT molecular complexity index is 656. The number of halogens is 1. The summed E-state index contributed by atoms with van der Waals surface area (Å²) in [5, 5.41) is 7.05. The number of hydrazine groups is 1. The van der Waals surface area contributed by atoms with E-state index >= 15 is 0 Å². The quantitative estimate of drug-likeness (QED) is 0.691. The summed E-state index contributed by atoms with van der Waals surface area (Å²) in [6.45, 7) is 7.80. The van der Waals surface area contributed by atoms with Crippen LogP contribution in [0.2, 0.25) is 0 Å². The predicted octanol–water partition coefficient (Wildman–Crippen LogP) is 3.01. The van der Waals surface area contributed by atoms with Crippen LogP contribution in [0.5, 0.6) is 0 Å². The molecule has 0 bridgehead atoms. The van der Waals surface area contributed by atoms with Crippen molar-refractivity contribution in [2.45, 2.75) is 26.7 Å². The minimum atomic E-state index is -0.0849. The third-order valence-corrected chi connectivity index (χ3v) is 3.96. The van der Waals surface area contributed by atoms with Crippen molar-refractivity contribution < 1.29 is 4.79 Å². The normalized spacial score (nSPS) is 10.3. The van der Waals surface area contributed by atoms with Crippen LogP contribution in [0.3, 0.4) is 0 Å². The first-order valence-electron chi connectivity index (χ1n) is 6.97. The molecule has 0 radical (unpaired) electrons. The lowest BCUT2D eigenvalue weighted by molar-refractivity contribution is -0.121. The van der Waals surface area contributed by atoms with Crippen molar-refractivity contribution in [3.05, 3.63) is 57.8 Å². The molecule has 0 aliphatic heterocycles. The predicted molar refractivity (Wildman–Crippen MR) is 90.8 cm³/mol. The molecular weight excluding hydrogens is 344 g/mol. The van der Waals surface area contributed by atoms with Crippen LogP contribution in [0.4, 0.5) is 0 Å². The number of nitrogens with one attached hydrogen (secondary N) is 3. The molecule has 0 saturated carbocycles. The van der Waals surface area contributed by atoms with E-state index in [0.29, 0.717) is 18.5 Å². The number of hydrogen-bond acceptors (Lipinski definition) is 3. The van der Waals surface area contributed by atoms with Crippen LogP contribution in [0.25, 0.3) is 5.70 Å².